The van der Waals surface area contributed by atoms with Crippen molar-refractivity contribution < 1.29 is 28.5 Å². The fraction of sp³-hybridized carbons (Fsp3) is 0.625. The predicted octanol–water partition coefficient (Wildman–Crippen LogP) is -3.09. The van der Waals surface area contributed by atoms with Crippen LogP contribution in [0.3, 0.4) is 0 Å². The number of hydrogen-bond acceptors (Lipinski definition) is 8. The number of primary sulfonamides is 1. The second kappa shape index (κ2) is 8.18. The topological polar surface area (TPSA) is 168 Å². The molecular weight excluding hydrogens is 312 g/mol. The highest BCUT2D eigenvalue weighted by Crippen LogP contribution is 2.03. The second-order valence-electron chi connectivity index (χ2n) is 3.47. The molecule has 116 valence electrons. The molecule has 0 aromatic carbocycles. The van der Waals surface area contributed by atoms with E-state index in [4.69, 9.17) is 20.5 Å². The third-order valence-corrected chi connectivity index (χ3v) is 3.91. The number of amides is 1. The lowest BCUT2D eigenvalue weighted by Gasteiger charge is -1.96. The molecule has 1 heterocycles. The van der Waals surface area contributed by atoms with Crippen molar-refractivity contribution in [1.29, 1.82) is 0 Å². The molecule has 1 rings (SSSR count). The molecule has 0 saturated heterocycles. The number of rotatable bonds is 3. The quantitative estimate of drug-likeness (QED) is 0.456. The molecule has 0 fully saturated rings. The Balaban J connectivity index is 0.000000511. The van der Waals surface area contributed by atoms with Crippen molar-refractivity contribution in [3.05, 3.63) is 4.80 Å². The van der Waals surface area contributed by atoms with Crippen molar-refractivity contribution in [2.45, 2.75) is 17.4 Å². The molecule has 0 radical (unpaired) electrons. The number of carbonyl (C=O) groups excluding carboxylic acids is 1. The van der Waals surface area contributed by atoms with Gasteiger partial charge >= 0.3 is 0 Å². The normalized spacial score (nSPS) is 12.2. The minimum atomic E-state index is -3.83. The summed E-state index contributed by atoms with van der Waals surface area (Å²) in [6.45, 7) is 0.531. The first-order chi connectivity index (χ1) is 9.11. The number of nitrogens with two attached hydrogens (primary N) is 1. The Bertz CT molecular complexity index is 601. The molecular formula is C8H16N4O6S2. The molecule has 0 aliphatic carbocycles. The van der Waals surface area contributed by atoms with E-state index in [0.717, 1.165) is 11.3 Å². The van der Waals surface area contributed by atoms with E-state index in [1.165, 1.54) is 18.7 Å². The first-order valence-corrected chi connectivity index (χ1v) is 7.50. The van der Waals surface area contributed by atoms with Gasteiger partial charge in [-0.1, -0.05) is 11.3 Å². The third-order valence-electron chi connectivity index (χ3n) is 1.61. The zero-order chi connectivity index (χ0) is 15.9. The predicted molar refractivity (Wildman–Crippen MR) is 68.9 cm³/mol. The highest BCUT2D eigenvalue weighted by Gasteiger charge is 2.14. The minimum absolute atomic E-state index is 0.196. The van der Waals surface area contributed by atoms with Gasteiger partial charge in [0.1, 0.15) is 6.10 Å². The number of aryl methyl sites for hydroxylation is 1. The van der Waals surface area contributed by atoms with Crippen LogP contribution in [-0.4, -0.2) is 58.7 Å². The van der Waals surface area contributed by atoms with Crippen molar-refractivity contribution >= 4 is 27.3 Å². The van der Waals surface area contributed by atoms with Gasteiger partial charge in [-0.15, -0.1) is 5.10 Å². The molecule has 10 nitrogen and oxygen atoms in total. The average molecular weight is 328 g/mol. The van der Waals surface area contributed by atoms with Crippen molar-refractivity contribution in [2.24, 2.45) is 17.2 Å². The van der Waals surface area contributed by atoms with Crippen molar-refractivity contribution in [3.8, 4) is 0 Å². The fourth-order valence-corrected chi connectivity index (χ4v) is 2.32. The van der Waals surface area contributed by atoms with Gasteiger partial charge in [-0.05, 0) is 0 Å². The van der Waals surface area contributed by atoms with Crippen LogP contribution in [0.5, 0.6) is 0 Å². The molecule has 1 amide bonds. The average Bonchev–Trinajstić information content (AvgIpc) is 2.70. The Hall–Kier alpha value is -1.18. The van der Waals surface area contributed by atoms with E-state index in [0.29, 0.717) is 0 Å². The standard InChI is InChI=1S/C5H8N4O3S2.C3H8O3/c1-3(10)7-4-9(2)8-5(13-4)14(6,11)12;4-1-3(6)2-5/h1-2H3,(H2,6,11,12);3-6H,1-2H2. The van der Waals surface area contributed by atoms with Gasteiger partial charge in [0, 0.05) is 14.0 Å². The highest BCUT2D eigenvalue weighted by atomic mass is 32.2. The van der Waals surface area contributed by atoms with Crippen LogP contribution in [0.4, 0.5) is 0 Å². The van der Waals surface area contributed by atoms with Gasteiger partial charge in [0.15, 0.2) is 0 Å². The Kier molecular flexibility index (Phi) is 7.70. The van der Waals surface area contributed by atoms with E-state index in [9.17, 15) is 13.2 Å². The maximum Gasteiger partial charge on any atom is 0.267 e. The summed E-state index contributed by atoms with van der Waals surface area (Å²) >= 11 is 0.746. The van der Waals surface area contributed by atoms with Gasteiger partial charge in [-0.3, -0.25) is 4.79 Å². The Morgan fingerprint density at radius 3 is 2.25 bits per heavy atom. The number of carbonyl (C=O) groups is 1. The number of aliphatic hydroxyl groups excluding tert-OH is 3. The summed E-state index contributed by atoms with van der Waals surface area (Å²) in [6.07, 6.45) is -0.954. The van der Waals surface area contributed by atoms with Crippen LogP contribution in [-0.2, 0) is 21.9 Å². The van der Waals surface area contributed by atoms with Crippen molar-refractivity contribution in [1.82, 2.24) is 9.78 Å². The first-order valence-electron chi connectivity index (χ1n) is 5.13. The summed E-state index contributed by atoms with van der Waals surface area (Å²) in [5.74, 6) is -0.426. The first kappa shape index (κ1) is 18.8. The van der Waals surface area contributed by atoms with Crippen molar-refractivity contribution in [2.75, 3.05) is 13.2 Å². The molecule has 5 N–H and O–H groups in total. The molecule has 1 aromatic heterocycles. The number of nitrogens with zero attached hydrogens (tertiary/aromatic N) is 3. The van der Waals surface area contributed by atoms with E-state index in [-0.39, 0.29) is 22.4 Å². The zero-order valence-corrected chi connectivity index (χ0v) is 12.4. The Labute approximate surface area is 118 Å². The monoisotopic (exact) mass is 328 g/mol. The van der Waals surface area contributed by atoms with E-state index >= 15 is 0 Å². The molecule has 0 unspecified atom stereocenters. The van der Waals surface area contributed by atoms with E-state index in [1.54, 1.807) is 0 Å². The summed E-state index contributed by atoms with van der Waals surface area (Å²) in [6, 6.07) is 0. The van der Waals surface area contributed by atoms with E-state index in [2.05, 4.69) is 10.1 Å². The highest BCUT2D eigenvalue weighted by molar-refractivity contribution is 7.91. The molecule has 0 aliphatic rings. The summed E-state index contributed by atoms with van der Waals surface area (Å²) in [7, 11) is -2.35. The third kappa shape index (κ3) is 6.83. The molecule has 20 heavy (non-hydrogen) atoms. The van der Waals surface area contributed by atoms with Crippen LogP contribution in [0.15, 0.2) is 9.33 Å². The van der Waals surface area contributed by atoms with Gasteiger partial charge in [0.25, 0.3) is 10.0 Å². The molecule has 1 aromatic rings. The Morgan fingerprint density at radius 2 is 2.00 bits per heavy atom. The van der Waals surface area contributed by atoms with Crippen LogP contribution < -0.4 is 9.94 Å². The lowest BCUT2D eigenvalue weighted by atomic mass is 10.4. The van der Waals surface area contributed by atoms with Crippen LogP contribution in [0.25, 0.3) is 0 Å². The maximum absolute atomic E-state index is 10.9. The minimum Gasteiger partial charge on any atom is -0.394 e. The molecule has 0 bridgehead atoms. The van der Waals surface area contributed by atoms with Gasteiger partial charge in [-0.25, -0.2) is 18.2 Å². The second-order valence-corrected chi connectivity index (χ2v) is 6.16. The van der Waals surface area contributed by atoms with Gasteiger partial charge in [0.05, 0.1) is 13.2 Å². The van der Waals surface area contributed by atoms with Crippen LogP contribution in [0.2, 0.25) is 0 Å². The van der Waals surface area contributed by atoms with Crippen LogP contribution >= 0.6 is 11.3 Å². The van der Waals surface area contributed by atoms with Gasteiger partial charge in [-0.2, -0.15) is 4.99 Å². The largest absolute Gasteiger partial charge is 0.394 e. The molecule has 0 saturated carbocycles. The molecule has 0 spiro atoms. The summed E-state index contributed by atoms with van der Waals surface area (Å²) in [4.78, 5) is 14.4. The van der Waals surface area contributed by atoms with Gasteiger partial charge in [0.2, 0.25) is 15.0 Å². The van der Waals surface area contributed by atoms with Crippen LogP contribution in [0, 0.1) is 0 Å². The van der Waals surface area contributed by atoms with Crippen LogP contribution in [0.1, 0.15) is 6.92 Å². The van der Waals surface area contributed by atoms with E-state index < -0.39 is 22.0 Å². The Morgan fingerprint density at radius 1 is 1.50 bits per heavy atom. The fourth-order valence-electron chi connectivity index (χ4n) is 0.732. The smallest absolute Gasteiger partial charge is 0.267 e. The lowest BCUT2D eigenvalue weighted by molar-refractivity contribution is -0.116. The molecule has 0 aliphatic heterocycles. The number of aromatic nitrogens is 2. The number of hydrogen-bond donors (Lipinski definition) is 4. The summed E-state index contributed by atoms with van der Waals surface area (Å²) < 4.78 is 22.7. The zero-order valence-electron chi connectivity index (χ0n) is 10.8. The SMILES string of the molecule is CC(=O)N=c1sc(S(N)(=O)=O)nn1C.OCC(O)CO. The number of aliphatic hydroxyl groups is 3. The lowest BCUT2D eigenvalue weighted by Crippen LogP contribution is -2.15. The number of sulfonamides is 1. The molecule has 12 heteroatoms. The summed E-state index contributed by atoms with van der Waals surface area (Å²) in [5.41, 5.74) is 0. The van der Waals surface area contributed by atoms with Crippen molar-refractivity contribution in [3.63, 3.8) is 0 Å². The molecule has 0 atom stereocenters. The van der Waals surface area contributed by atoms with E-state index in [1.807, 2.05) is 0 Å². The van der Waals surface area contributed by atoms with Gasteiger partial charge < -0.3 is 15.3 Å². The maximum atomic E-state index is 10.9. The summed E-state index contributed by atoms with van der Waals surface area (Å²) in [5, 5.41) is 32.5.